The zero-order chi connectivity index (χ0) is 16.7. The number of imide groups is 1. The third-order valence-electron chi connectivity index (χ3n) is 4.95. The van der Waals surface area contributed by atoms with Crippen molar-refractivity contribution in [3.8, 4) is 18.1 Å². The van der Waals surface area contributed by atoms with Crippen molar-refractivity contribution in [2.45, 2.75) is 6.42 Å². The lowest BCUT2D eigenvalue weighted by atomic mass is 9.85. The Hall–Kier alpha value is -2.87. The predicted molar refractivity (Wildman–Crippen MR) is 87.9 cm³/mol. The molecule has 2 fully saturated rings. The Morgan fingerprint density at radius 2 is 1.96 bits per heavy atom. The summed E-state index contributed by atoms with van der Waals surface area (Å²) in [6, 6.07) is 7.18. The number of terminal acetylenes is 1. The minimum Gasteiger partial charge on any atom is -0.481 e. The highest BCUT2D eigenvalue weighted by molar-refractivity contribution is 6.06. The normalized spacial score (nSPS) is 30.2. The van der Waals surface area contributed by atoms with Gasteiger partial charge in [0.25, 0.3) is 11.8 Å². The van der Waals surface area contributed by atoms with Crippen molar-refractivity contribution in [2.75, 3.05) is 6.61 Å². The van der Waals surface area contributed by atoms with E-state index in [1.807, 2.05) is 6.07 Å². The molecule has 4 atom stereocenters. The van der Waals surface area contributed by atoms with Crippen molar-refractivity contribution in [2.24, 2.45) is 28.8 Å². The lowest BCUT2D eigenvalue weighted by molar-refractivity contribution is -0.140. The number of carbonyl (C=O) groups excluding carboxylic acids is 2. The summed E-state index contributed by atoms with van der Waals surface area (Å²) in [5.41, 5.74) is 0.739. The van der Waals surface area contributed by atoms with E-state index >= 15 is 0 Å². The van der Waals surface area contributed by atoms with Crippen LogP contribution in [0.15, 0.2) is 41.5 Å². The van der Waals surface area contributed by atoms with Gasteiger partial charge in [-0.25, -0.2) is 0 Å². The molecule has 5 nitrogen and oxygen atoms in total. The number of rotatable bonds is 4. The Balaban J connectivity index is 1.52. The van der Waals surface area contributed by atoms with E-state index in [-0.39, 0.29) is 42.1 Å². The number of hydrazone groups is 1. The molecule has 24 heavy (non-hydrogen) atoms. The molecule has 1 saturated heterocycles. The van der Waals surface area contributed by atoms with E-state index in [2.05, 4.69) is 23.2 Å². The van der Waals surface area contributed by atoms with Crippen LogP contribution < -0.4 is 4.74 Å². The fourth-order valence-corrected chi connectivity index (χ4v) is 3.93. The Bertz CT molecular complexity index is 775. The van der Waals surface area contributed by atoms with Crippen LogP contribution in [0.5, 0.6) is 5.75 Å². The smallest absolute Gasteiger partial charge is 0.254 e. The Morgan fingerprint density at radius 3 is 2.62 bits per heavy atom. The third kappa shape index (κ3) is 2.23. The molecule has 1 aromatic carbocycles. The van der Waals surface area contributed by atoms with Crippen molar-refractivity contribution < 1.29 is 14.3 Å². The van der Waals surface area contributed by atoms with Crippen molar-refractivity contribution in [1.82, 2.24) is 5.01 Å². The summed E-state index contributed by atoms with van der Waals surface area (Å²) in [6.07, 6.45) is 11.7. The van der Waals surface area contributed by atoms with Gasteiger partial charge in [0.05, 0.1) is 18.1 Å². The minimum absolute atomic E-state index is 0.183. The van der Waals surface area contributed by atoms with Gasteiger partial charge in [-0.05, 0) is 36.0 Å². The Kier molecular flexibility index (Phi) is 3.46. The van der Waals surface area contributed by atoms with Crippen LogP contribution >= 0.6 is 0 Å². The van der Waals surface area contributed by atoms with Gasteiger partial charge in [-0.2, -0.15) is 10.1 Å². The average Bonchev–Trinajstić information content (AvgIpc) is 3.26. The summed E-state index contributed by atoms with van der Waals surface area (Å²) in [6.45, 7) is 0.183. The van der Waals surface area contributed by atoms with E-state index in [0.29, 0.717) is 5.75 Å². The number of ether oxygens (including phenoxy) is 1. The van der Waals surface area contributed by atoms with Gasteiger partial charge in [-0.3, -0.25) is 9.59 Å². The maximum Gasteiger partial charge on any atom is 0.254 e. The SMILES string of the molecule is C#CCOc1cccc(/C=N\N2C(=O)[C@H]3[C@H](C2=O)[C@H]2C=C[C@H]3C2)c1. The number of hydrogen-bond acceptors (Lipinski definition) is 4. The van der Waals surface area contributed by atoms with E-state index < -0.39 is 0 Å². The predicted octanol–water partition coefficient (Wildman–Crippen LogP) is 1.84. The standard InChI is InChI=1S/C19H16N2O3/c1-2-8-24-15-5-3-4-12(9-15)11-20-21-18(22)16-13-6-7-14(10-13)17(16)19(21)23/h1,3-7,9,11,13-14,16-17H,8,10H2/b20-11-/t13-,14-,16+,17+/m0/s1. The molecule has 5 heteroatoms. The zero-order valence-corrected chi connectivity index (χ0v) is 13.0. The molecule has 1 aromatic rings. The summed E-state index contributed by atoms with van der Waals surface area (Å²) in [7, 11) is 0. The molecule has 0 unspecified atom stereocenters. The van der Waals surface area contributed by atoms with Crippen LogP contribution in [0.1, 0.15) is 12.0 Å². The van der Waals surface area contributed by atoms with Gasteiger partial charge in [0.1, 0.15) is 12.4 Å². The van der Waals surface area contributed by atoms with E-state index in [4.69, 9.17) is 11.2 Å². The summed E-state index contributed by atoms with van der Waals surface area (Å²) in [5, 5.41) is 5.18. The zero-order valence-electron chi connectivity index (χ0n) is 13.0. The first-order valence-corrected chi connectivity index (χ1v) is 7.95. The van der Waals surface area contributed by atoms with Gasteiger partial charge in [-0.15, -0.1) is 6.42 Å². The van der Waals surface area contributed by atoms with Crippen LogP contribution in [0, 0.1) is 36.0 Å². The highest BCUT2D eigenvalue weighted by Crippen LogP contribution is 2.52. The second-order valence-electron chi connectivity index (χ2n) is 6.30. The molecule has 0 N–H and O–H groups in total. The first kappa shape index (κ1) is 14.7. The molecule has 0 spiro atoms. The topological polar surface area (TPSA) is 59.0 Å². The Labute approximate surface area is 140 Å². The van der Waals surface area contributed by atoms with E-state index in [1.165, 1.54) is 6.21 Å². The van der Waals surface area contributed by atoms with Gasteiger partial charge in [0, 0.05) is 0 Å². The monoisotopic (exact) mass is 320 g/mol. The molecule has 1 heterocycles. The molecule has 4 rings (SSSR count). The summed E-state index contributed by atoms with van der Waals surface area (Å²) < 4.78 is 5.35. The van der Waals surface area contributed by atoms with Crippen LogP contribution in [-0.4, -0.2) is 29.6 Å². The fourth-order valence-electron chi connectivity index (χ4n) is 3.93. The van der Waals surface area contributed by atoms with Crippen molar-refractivity contribution in [3.63, 3.8) is 0 Å². The summed E-state index contributed by atoms with van der Waals surface area (Å²) in [4.78, 5) is 25.1. The second kappa shape index (κ2) is 5.64. The van der Waals surface area contributed by atoms with Gasteiger partial charge in [-0.1, -0.05) is 30.2 Å². The number of hydrogen-bond donors (Lipinski definition) is 0. The largest absolute Gasteiger partial charge is 0.481 e. The number of allylic oxidation sites excluding steroid dienone is 2. The van der Waals surface area contributed by atoms with Crippen LogP contribution in [0.3, 0.4) is 0 Å². The molecule has 0 radical (unpaired) electrons. The molecule has 0 aromatic heterocycles. The number of benzene rings is 1. The van der Waals surface area contributed by atoms with Crippen molar-refractivity contribution in [1.29, 1.82) is 0 Å². The van der Waals surface area contributed by atoms with Crippen LogP contribution in [0.4, 0.5) is 0 Å². The van der Waals surface area contributed by atoms with Gasteiger partial charge in [0.15, 0.2) is 0 Å². The highest BCUT2D eigenvalue weighted by atomic mass is 16.5. The van der Waals surface area contributed by atoms with Gasteiger partial charge < -0.3 is 4.74 Å². The minimum atomic E-state index is -0.227. The molecule has 120 valence electrons. The van der Waals surface area contributed by atoms with Crippen LogP contribution in [0.25, 0.3) is 0 Å². The quantitative estimate of drug-likeness (QED) is 0.368. The highest BCUT2D eigenvalue weighted by Gasteiger charge is 2.59. The summed E-state index contributed by atoms with van der Waals surface area (Å²) >= 11 is 0. The molecule has 2 aliphatic carbocycles. The molecule has 2 bridgehead atoms. The molecular weight excluding hydrogens is 304 g/mol. The van der Waals surface area contributed by atoms with Crippen molar-refractivity contribution >= 4 is 18.0 Å². The van der Waals surface area contributed by atoms with E-state index in [0.717, 1.165) is 17.0 Å². The molecule has 2 amide bonds. The maximum atomic E-state index is 12.5. The van der Waals surface area contributed by atoms with Crippen molar-refractivity contribution in [3.05, 3.63) is 42.0 Å². The van der Waals surface area contributed by atoms with E-state index in [9.17, 15) is 9.59 Å². The summed E-state index contributed by atoms with van der Waals surface area (Å²) in [5.74, 6) is 2.59. The maximum absolute atomic E-state index is 12.5. The first-order valence-electron chi connectivity index (χ1n) is 7.95. The Morgan fingerprint density at radius 1 is 1.25 bits per heavy atom. The number of fused-ring (bicyclic) bond motifs is 5. The lowest BCUT2D eigenvalue weighted by Gasteiger charge is -2.13. The average molecular weight is 320 g/mol. The van der Waals surface area contributed by atoms with Crippen LogP contribution in [0.2, 0.25) is 0 Å². The van der Waals surface area contributed by atoms with Gasteiger partial charge in [0.2, 0.25) is 0 Å². The van der Waals surface area contributed by atoms with Crippen LogP contribution in [-0.2, 0) is 9.59 Å². The number of carbonyl (C=O) groups is 2. The van der Waals surface area contributed by atoms with E-state index in [1.54, 1.807) is 18.2 Å². The second-order valence-corrected chi connectivity index (χ2v) is 6.30. The number of nitrogens with zero attached hydrogens (tertiary/aromatic N) is 2. The fraction of sp³-hybridized carbons (Fsp3) is 0.316. The third-order valence-corrected chi connectivity index (χ3v) is 4.95. The molecule has 1 aliphatic heterocycles. The number of amides is 2. The molecule has 1 saturated carbocycles. The molecular formula is C19H16N2O3. The first-order chi connectivity index (χ1) is 11.7. The lowest BCUT2D eigenvalue weighted by Crippen LogP contribution is -2.28. The molecule has 3 aliphatic rings. The van der Waals surface area contributed by atoms with Gasteiger partial charge >= 0.3 is 0 Å².